The smallest absolute Gasteiger partial charge is 0.331 e. The Balaban J connectivity index is 1.37. The number of halogens is 1. The Hall–Kier alpha value is -3.94. The van der Waals surface area contributed by atoms with Gasteiger partial charge in [-0.1, -0.05) is 11.6 Å². The number of aromatic nitrogens is 2. The second kappa shape index (κ2) is 10.7. The third kappa shape index (κ3) is 5.33. The minimum absolute atomic E-state index is 0.184. The molecule has 1 aliphatic heterocycles. The van der Waals surface area contributed by atoms with Crippen LogP contribution in [0.15, 0.2) is 46.0 Å². The average molecular weight is 549 g/mol. The van der Waals surface area contributed by atoms with Crippen LogP contribution in [0.1, 0.15) is 35.7 Å². The van der Waals surface area contributed by atoms with E-state index in [0.717, 1.165) is 12.8 Å². The first-order valence-corrected chi connectivity index (χ1v) is 13.3. The maximum Gasteiger partial charge on any atom is 0.331 e. The number of hydrogen-bond donors (Lipinski definition) is 2. The predicted octanol–water partition coefficient (Wildman–Crippen LogP) is 2.42. The summed E-state index contributed by atoms with van der Waals surface area (Å²) in [6, 6.07) is 10.9. The highest BCUT2D eigenvalue weighted by molar-refractivity contribution is 6.32. The third-order valence-electron chi connectivity index (χ3n) is 7.45. The second-order valence-electron chi connectivity index (χ2n) is 10.3. The van der Waals surface area contributed by atoms with E-state index < -0.39 is 12.0 Å². The number of fused-ring (bicyclic) bond motifs is 1. The van der Waals surface area contributed by atoms with E-state index in [1.54, 1.807) is 22.8 Å². The van der Waals surface area contributed by atoms with Crippen molar-refractivity contribution in [3.8, 4) is 6.07 Å². The fourth-order valence-electron chi connectivity index (χ4n) is 5.17. The summed E-state index contributed by atoms with van der Waals surface area (Å²) in [5, 5.41) is 15.5. The van der Waals surface area contributed by atoms with Gasteiger partial charge in [0.1, 0.15) is 6.07 Å². The van der Waals surface area contributed by atoms with E-state index in [-0.39, 0.29) is 33.6 Å². The van der Waals surface area contributed by atoms with Crippen LogP contribution in [-0.2, 0) is 17.9 Å². The first-order valence-electron chi connectivity index (χ1n) is 13.0. The maximum absolute atomic E-state index is 13.4. The number of hydrogen-bond acceptors (Lipinski definition) is 6. The second-order valence-corrected chi connectivity index (χ2v) is 10.7. The normalized spacial score (nSPS) is 19.1. The van der Waals surface area contributed by atoms with Gasteiger partial charge in [-0.15, -0.1) is 0 Å². The monoisotopic (exact) mass is 548 g/mol. The Morgan fingerprint density at radius 3 is 2.54 bits per heavy atom. The molecular weight excluding hydrogens is 520 g/mol. The van der Waals surface area contributed by atoms with Crippen LogP contribution >= 0.6 is 11.6 Å². The number of benzene rings is 2. The molecule has 1 aromatic heterocycles. The number of aryl methyl sites for hydroxylation is 1. The molecule has 202 valence electrons. The molecule has 2 fully saturated rings. The topological polar surface area (TPSA) is 129 Å². The number of nitrogens with zero attached hydrogens (tertiary/aromatic N) is 4. The summed E-state index contributed by atoms with van der Waals surface area (Å²) >= 11 is 6.08. The number of nitriles is 1. The summed E-state index contributed by atoms with van der Waals surface area (Å²) in [6.45, 7) is 3.60. The number of anilines is 1. The first kappa shape index (κ1) is 26.7. The highest BCUT2D eigenvalue weighted by atomic mass is 35.5. The molecule has 3 aromatic rings. The fraction of sp³-hybridized carbons (Fsp3) is 0.393. The van der Waals surface area contributed by atoms with Gasteiger partial charge in [-0.3, -0.25) is 23.5 Å². The predicted molar refractivity (Wildman–Crippen MR) is 148 cm³/mol. The Morgan fingerprint density at radius 2 is 1.87 bits per heavy atom. The van der Waals surface area contributed by atoms with Gasteiger partial charge in [0.15, 0.2) is 0 Å². The number of nitrogens with one attached hydrogen (secondary N) is 2. The number of amides is 2. The lowest BCUT2D eigenvalue weighted by molar-refractivity contribution is -0.119. The molecule has 1 aliphatic carbocycles. The summed E-state index contributed by atoms with van der Waals surface area (Å²) < 4.78 is 2.89. The van der Waals surface area contributed by atoms with Crippen molar-refractivity contribution < 1.29 is 9.59 Å². The molecule has 0 spiro atoms. The van der Waals surface area contributed by atoms with Crippen molar-refractivity contribution in [2.45, 2.75) is 38.9 Å². The number of likely N-dealkylation sites (tertiary alicyclic amines) is 1. The number of rotatable bonds is 7. The van der Waals surface area contributed by atoms with Gasteiger partial charge in [0.25, 0.3) is 11.5 Å². The summed E-state index contributed by atoms with van der Waals surface area (Å²) in [4.78, 5) is 54.4. The van der Waals surface area contributed by atoms with Crippen LogP contribution in [0.5, 0.6) is 0 Å². The fourth-order valence-corrected chi connectivity index (χ4v) is 5.40. The average Bonchev–Trinajstić information content (AvgIpc) is 3.66. The molecule has 2 N–H and O–H groups in total. The van der Waals surface area contributed by atoms with Gasteiger partial charge in [0.2, 0.25) is 5.91 Å². The largest absolute Gasteiger partial charge is 0.347 e. The van der Waals surface area contributed by atoms with Gasteiger partial charge >= 0.3 is 5.69 Å². The van der Waals surface area contributed by atoms with Crippen LogP contribution in [0.3, 0.4) is 0 Å². The van der Waals surface area contributed by atoms with Crippen molar-refractivity contribution in [1.82, 2.24) is 19.4 Å². The van der Waals surface area contributed by atoms with Crippen molar-refractivity contribution in [1.29, 1.82) is 5.26 Å². The van der Waals surface area contributed by atoms with Gasteiger partial charge in [0.05, 0.1) is 33.4 Å². The van der Waals surface area contributed by atoms with E-state index in [1.165, 1.54) is 22.8 Å². The van der Waals surface area contributed by atoms with E-state index in [9.17, 15) is 19.2 Å². The summed E-state index contributed by atoms with van der Waals surface area (Å²) in [5.74, 6) is -0.865. The summed E-state index contributed by atoms with van der Waals surface area (Å²) in [5.41, 5.74) is 0.888. The molecule has 10 nitrogen and oxygen atoms in total. The lowest BCUT2D eigenvalue weighted by Crippen LogP contribution is -2.44. The Bertz CT molecular complexity index is 1630. The molecule has 2 amide bonds. The van der Waals surface area contributed by atoms with Crippen LogP contribution < -0.4 is 21.9 Å². The van der Waals surface area contributed by atoms with Crippen LogP contribution in [0.4, 0.5) is 5.69 Å². The van der Waals surface area contributed by atoms with Crippen molar-refractivity contribution >= 4 is 40.0 Å². The van der Waals surface area contributed by atoms with Crippen molar-refractivity contribution in [2.24, 2.45) is 11.8 Å². The van der Waals surface area contributed by atoms with Crippen LogP contribution in [0.25, 0.3) is 10.9 Å². The standard InChI is InChI=1S/C28H29ClN6O4/c1-3-34-24-9-8-19(11-20(24)27(38)35(28(34)39)13-16-4-5-16)31-26(37)21-14-33(2)15-23(21)32-25(36)17-6-7-18(12-30)22(29)10-17/h6-11,16,21,23H,3-5,13-15H2,1-2H3,(H,31,37)(H,32,36)/t21-,23+/m0/s1. The van der Waals surface area contributed by atoms with Gasteiger partial charge in [0, 0.05) is 37.4 Å². The first-order chi connectivity index (χ1) is 18.7. The molecule has 2 heterocycles. The zero-order chi connectivity index (χ0) is 27.8. The molecule has 5 rings (SSSR count). The summed E-state index contributed by atoms with van der Waals surface area (Å²) in [7, 11) is 1.87. The van der Waals surface area contributed by atoms with Crippen molar-refractivity contribution in [3.63, 3.8) is 0 Å². The Morgan fingerprint density at radius 1 is 1.10 bits per heavy atom. The van der Waals surface area contributed by atoms with E-state index in [2.05, 4.69) is 10.6 Å². The quantitative estimate of drug-likeness (QED) is 0.466. The molecule has 1 saturated heterocycles. The SMILES string of the molecule is CCn1c(=O)n(CC2CC2)c(=O)c2cc(NC(=O)[C@H]3CN(C)C[C@H]3NC(=O)c3ccc(C#N)c(Cl)c3)ccc21. The molecule has 0 unspecified atom stereocenters. The van der Waals surface area contributed by atoms with Crippen molar-refractivity contribution in [2.75, 3.05) is 25.5 Å². The van der Waals surface area contributed by atoms with Crippen LogP contribution in [0, 0.1) is 23.2 Å². The van der Waals surface area contributed by atoms with Gasteiger partial charge in [-0.2, -0.15) is 5.26 Å². The van der Waals surface area contributed by atoms with Gasteiger partial charge < -0.3 is 15.5 Å². The Labute approximate surface area is 229 Å². The molecule has 2 aromatic carbocycles. The number of carbonyl (C=O) groups is 2. The molecule has 11 heteroatoms. The van der Waals surface area contributed by atoms with E-state index in [4.69, 9.17) is 16.9 Å². The highest BCUT2D eigenvalue weighted by Gasteiger charge is 2.37. The third-order valence-corrected chi connectivity index (χ3v) is 7.77. The van der Waals surface area contributed by atoms with E-state index in [0.29, 0.717) is 54.3 Å². The highest BCUT2D eigenvalue weighted by Crippen LogP contribution is 2.30. The Kier molecular flexibility index (Phi) is 7.30. The minimum Gasteiger partial charge on any atom is -0.347 e. The van der Waals surface area contributed by atoms with Crippen molar-refractivity contribution in [3.05, 3.63) is 73.4 Å². The molecular formula is C28H29ClN6O4. The molecule has 39 heavy (non-hydrogen) atoms. The van der Waals surface area contributed by atoms with Gasteiger partial charge in [-0.05, 0) is 69.1 Å². The maximum atomic E-state index is 13.4. The molecule has 2 aliphatic rings. The number of carbonyl (C=O) groups excluding carboxylic acids is 2. The van der Waals surface area contributed by atoms with Crippen LogP contribution in [-0.4, -0.2) is 52.0 Å². The zero-order valence-electron chi connectivity index (χ0n) is 21.7. The zero-order valence-corrected chi connectivity index (χ0v) is 22.5. The van der Waals surface area contributed by atoms with E-state index in [1.807, 2.05) is 24.9 Å². The minimum atomic E-state index is -0.542. The number of likely N-dealkylation sites (N-methyl/N-ethyl adjacent to an activating group) is 1. The molecule has 1 saturated carbocycles. The van der Waals surface area contributed by atoms with Gasteiger partial charge in [-0.25, -0.2) is 4.79 Å². The lowest BCUT2D eigenvalue weighted by atomic mass is 10.0. The molecule has 0 radical (unpaired) electrons. The molecule has 2 atom stereocenters. The lowest BCUT2D eigenvalue weighted by Gasteiger charge is -2.20. The summed E-state index contributed by atoms with van der Waals surface area (Å²) in [6.07, 6.45) is 2.02. The van der Waals surface area contributed by atoms with E-state index >= 15 is 0 Å². The van der Waals surface area contributed by atoms with Crippen LogP contribution in [0.2, 0.25) is 5.02 Å². The molecule has 0 bridgehead atoms.